The first kappa shape index (κ1) is 11.0. The second-order valence-electron chi connectivity index (χ2n) is 4.66. The van der Waals surface area contributed by atoms with Crippen molar-refractivity contribution in [2.45, 2.75) is 32.1 Å². The van der Waals surface area contributed by atoms with E-state index in [9.17, 15) is 0 Å². The first-order valence-corrected chi connectivity index (χ1v) is 6.07. The molecule has 0 spiro atoms. The standard InChI is InChI=1S/C13H18ClN/c1-9-6-10-2-3-12(14)8-13(10)11(7-9)4-5-15/h2-3,8-9,11H,4-7,15H2,1H3. The summed E-state index contributed by atoms with van der Waals surface area (Å²) >= 11 is 6.05. The molecule has 0 heterocycles. The van der Waals surface area contributed by atoms with Crippen LogP contribution < -0.4 is 5.73 Å². The van der Waals surface area contributed by atoms with Crippen molar-refractivity contribution in [1.29, 1.82) is 0 Å². The fourth-order valence-corrected chi connectivity index (χ4v) is 2.86. The van der Waals surface area contributed by atoms with E-state index in [4.69, 9.17) is 17.3 Å². The zero-order valence-electron chi connectivity index (χ0n) is 9.17. The highest BCUT2D eigenvalue weighted by molar-refractivity contribution is 6.30. The van der Waals surface area contributed by atoms with Crippen molar-refractivity contribution in [2.24, 2.45) is 11.7 Å². The van der Waals surface area contributed by atoms with Gasteiger partial charge in [-0.2, -0.15) is 0 Å². The molecule has 1 aromatic rings. The molecular weight excluding hydrogens is 206 g/mol. The van der Waals surface area contributed by atoms with Crippen LogP contribution in [0.5, 0.6) is 0 Å². The van der Waals surface area contributed by atoms with Crippen molar-refractivity contribution in [3.05, 3.63) is 34.3 Å². The molecule has 82 valence electrons. The molecular formula is C13H18ClN. The molecule has 0 saturated heterocycles. The summed E-state index contributed by atoms with van der Waals surface area (Å²) < 4.78 is 0. The third-order valence-corrected chi connectivity index (χ3v) is 3.55. The lowest BCUT2D eigenvalue weighted by atomic mass is 9.76. The average molecular weight is 224 g/mol. The van der Waals surface area contributed by atoms with E-state index in [1.54, 1.807) is 0 Å². The monoisotopic (exact) mass is 223 g/mol. The maximum Gasteiger partial charge on any atom is 0.0409 e. The summed E-state index contributed by atoms with van der Waals surface area (Å²) in [6, 6.07) is 6.30. The Kier molecular flexibility index (Phi) is 3.32. The van der Waals surface area contributed by atoms with E-state index in [1.165, 1.54) is 24.0 Å². The van der Waals surface area contributed by atoms with Gasteiger partial charge in [-0.15, -0.1) is 0 Å². The van der Waals surface area contributed by atoms with Gasteiger partial charge in [0.15, 0.2) is 0 Å². The van der Waals surface area contributed by atoms with Crippen molar-refractivity contribution >= 4 is 11.6 Å². The van der Waals surface area contributed by atoms with Crippen LogP contribution in [0.4, 0.5) is 0 Å². The fraction of sp³-hybridized carbons (Fsp3) is 0.538. The van der Waals surface area contributed by atoms with E-state index in [2.05, 4.69) is 19.1 Å². The Morgan fingerprint density at radius 2 is 2.27 bits per heavy atom. The van der Waals surface area contributed by atoms with E-state index in [0.29, 0.717) is 5.92 Å². The van der Waals surface area contributed by atoms with Gasteiger partial charge < -0.3 is 5.73 Å². The lowest BCUT2D eigenvalue weighted by molar-refractivity contribution is 0.418. The Morgan fingerprint density at radius 1 is 1.47 bits per heavy atom. The minimum absolute atomic E-state index is 0.618. The molecule has 0 bridgehead atoms. The first-order chi connectivity index (χ1) is 7.20. The summed E-state index contributed by atoms with van der Waals surface area (Å²) in [6.07, 6.45) is 3.52. The second kappa shape index (κ2) is 4.54. The molecule has 0 fully saturated rings. The molecule has 0 aromatic heterocycles. The number of halogens is 1. The lowest BCUT2D eigenvalue weighted by Gasteiger charge is -2.29. The van der Waals surface area contributed by atoms with Gasteiger partial charge in [-0.3, -0.25) is 0 Å². The van der Waals surface area contributed by atoms with E-state index in [-0.39, 0.29) is 0 Å². The molecule has 15 heavy (non-hydrogen) atoms. The van der Waals surface area contributed by atoms with Gasteiger partial charge in [0.1, 0.15) is 0 Å². The molecule has 1 aliphatic carbocycles. The van der Waals surface area contributed by atoms with E-state index in [0.717, 1.165) is 23.9 Å². The molecule has 1 aromatic carbocycles. The number of hydrogen-bond donors (Lipinski definition) is 1. The van der Waals surface area contributed by atoms with Crippen molar-refractivity contribution in [2.75, 3.05) is 6.54 Å². The van der Waals surface area contributed by atoms with Gasteiger partial charge in [-0.1, -0.05) is 24.6 Å². The molecule has 2 rings (SSSR count). The van der Waals surface area contributed by atoms with Crippen molar-refractivity contribution < 1.29 is 0 Å². The minimum atomic E-state index is 0.618. The summed E-state index contributed by atoms with van der Waals surface area (Å²) in [5.74, 6) is 1.39. The van der Waals surface area contributed by atoms with Crippen LogP contribution >= 0.6 is 11.6 Å². The van der Waals surface area contributed by atoms with Crippen molar-refractivity contribution in [3.8, 4) is 0 Å². The van der Waals surface area contributed by atoms with Crippen LogP contribution in [0.15, 0.2) is 18.2 Å². The van der Waals surface area contributed by atoms with Crippen LogP contribution in [-0.2, 0) is 6.42 Å². The predicted molar refractivity (Wildman–Crippen MR) is 65.3 cm³/mol. The van der Waals surface area contributed by atoms with E-state index < -0.39 is 0 Å². The highest BCUT2D eigenvalue weighted by atomic mass is 35.5. The zero-order chi connectivity index (χ0) is 10.8. The molecule has 0 aliphatic heterocycles. The van der Waals surface area contributed by atoms with E-state index in [1.807, 2.05) is 6.07 Å². The number of nitrogens with two attached hydrogens (primary N) is 1. The quantitative estimate of drug-likeness (QED) is 0.818. The van der Waals surface area contributed by atoms with Crippen LogP contribution in [0.3, 0.4) is 0 Å². The molecule has 2 N–H and O–H groups in total. The maximum absolute atomic E-state index is 6.05. The Balaban J connectivity index is 2.34. The zero-order valence-corrected chi connectivity index (χ0v) is 9.93. The molecule has 2 atom stereocenters. The highest BCUT2D eigenvalue weighted by Crippen LogP contribution is 2.37. The molecule has 0 amide bonds. The van der Waals surface area contributed by atoms with Gasteiger partial charge in [-0.05, 0) is 60.9 Å². The largest absolute Gasteiger partial charge is 0.330 e. The highest BCUT2D eigenvalue weighted by Gasteiger charge is 2.23. The van der Waals surface area contributed by atoms with Crippen LogP contribution in [0.25, 0.3) is 0 Å². The SMILES string of the molecule is CC1Cc2ccc(Cl)cc2C(CCN)C1. The fourth-order valence-electron chi connectivity index (χ4n) is 2.68. The van der Waals surface area contributed by atoms with Crippen molar-refractivity contribution in [3.63, 3.8) is 0 Å². The van der Waals surface area contributed by atoms with Crippen LogP contribution in [0.1, 0.15) is 36.8 Å². The molecule has 2 unspecified atom stereocenters. The Bertz CT molecular complexity index is 348. The third kappa shape index (κ3) is 2.35. The topological polar surface area (TPSA) is 26.0 Å². The normalized spacial score (nSPS) is 25.0. The summed E-state index contributed by atoms with van der Waals surface area (Å²) in [5, 5.41) is 0.852. The molecule has 1 nitrogen and oxygen atoms in total. The summed E-state index contributed by atoms with van der Waals surface area (Å²) in [4.78, 5) is 0. The van der Waals surface area contributed by atoms with Crippen LogP contribution in [0, 0.1) is 5.92 Å². The van der Waals surface area contributed by atoms with Crippen molar-refractivity contribution in [1.82, 2.24) is 0 Å². The Morgan fingerprint density at radius 3 is 3.00 bits per heavy atom. The smallest absolute Gasteiger partial charge is 0.0409 e. The summed E-state index contributed by atoms with van der Waals surface area (Å²) in [7, 11) is 0. The van der Waals surface area contributed by atoms with E-state index >= 15 is 0 Å². The molecule has 2 heteroatoms. The number of hydrogen-bond acceptors (Lipinski definition) is 1. The molecule has 1 aliphatic rings. The van der Waals surface area contributed by atoms with Gasteiger partial charge in [0.05, 0.1) is 0 Å². The average Bonchev–Trinajstić information content (AvgIpc) is 2.19. The number of benzene rings is 1. The Labute approximate surface area is 96.6 Å². The second-order valence-corrected chi connectivity index (χ2v) is 5.10. The number of fused-ring (bicyclic) bond motifs is 1. The van der Waals surface area contributed by atoms with Gasteiger partial charge in [0.25, 0.3) is 0 Å². The number of rotatable bonds is 2. The lowest BCUT2D eigenvalue weighted by Crippen LogP contribution is -2.19. The summed E-state index contributed by atoms with van der Waals surface area (Å²) in [5.41, 5.74) is 8.57. The first-order valence-electron chi connectivity index (χ1n) is 5.69. The van der Waals surface area contributed by atoms with Gasteiger partial charge >= 0.3 is 0 Å². The molecule has 0 saturated carbocycles. The van der Waals surface area contributed by atoms with Gasteiger partial charge in [0, 0.05) is 5.02 Å². The van der Waals surface area contributed by atoms with Crippen LogP contribution in [-0.4, -0.2) is 6.54 Å². The Hall–Kier alpha value is -0.530. The molecule has 0 radical (unpaired) electrons. The van der Waals surface area contributed by atoms with Crippen LogP contribution in [0.2, 0.25) is 5.02 Å². The van der Waals surface area contributed by atoms with Gasteiger partial charge in [0.2, 0.25) is 0 Å². The maximum atomic E-state index is 6.05. The summed E-state index contributed by atoms with van der Waals surface area (Å²) in [6.45, 7) is 3.09. The van der Waals surface area contributed by atoms with Gasteiger partial charge in [-0.25, -0.2) is 0 Å². The third-order valence-electron chi connectivity index (χ3n) is 3.32. The predicted octanol–water partition coefficient (Wildman–Crippen LogP) is 3.35. The minimum Gasteiger partial charge on any atom is -0.330 e.